The van der Waals surface area contributed by atoms with Crippen molar-refractivity contribution in [1.29, 1.82) is 0 Å². The molecule has 156 valence electrons. The zero-order valence-corrected chi connectivity index (χ0v) is 16.8. The van der Waals surface area contributed by atoms with Crippen molar-refractivity contribution in [1.82, 2.24) is 5.16 Å². The fourth-order valence-corrected chi connectivity index (χ4v) is 3.73. The molecule has 1 unspecified atom stereocenters. The van der Waals surface area contributed by atoms with Crippen LogP contribution in [0.25, 0.3) is 11.3 Å². The van der Waals surface area contributed by atoms with Crippen LogP contribution in [0.3, 0.4) is 0 Å². The summed E-state index contributed by atoms with van der Waals surface area (Å²) >= 11 is 0. The summed E-state index contributed by atoms with van der Waals surface area (Å²) in [6.45, 7) is 1.06. The number of ether oxygens (including phenoxy) is 2. The predicted molar refractivity (Wildman–Crippen MR) is 111 cm³/mol. The lowest BCUT2D eigenvalue weighted by Gasteiger charge is -2.23. The number of carboxylic acids is 1. The molecule has 6 heteroatoms. The van der Waals surface area contributed by atoms with Crippen LogP contribution in [-0.2, 0) is 22.4 Å². The molecule has 6 nitrogen and oxygen atoms in total. The molecular weight excluding hydrogens is 382 g/mol. The summed E-state index contributed by atoms with van der Waals surface area (Å²) in [4.78, 5) is 11.6. The summed E-state index contributed by atoms with van der Waals surface area (Å²) in [5.41, 5.74) is 1.73. The highest BCUT2D eigenvalue weighted by Crippen LogP contribution is 2.30. The molecule has 2 aromatic carbocycles. The van der Waals surface area contributed by atoms with Crippen LogP contribution in [-0.4, -0.2) is 35.0 Å². The smallest absolute Gasteiger partial charge is 0.336 e. The van der Waals surface area contributed by atoms with Gasteiger partial charge in [-0.2, -0.15) is 0 Å². The Morgan fingerprint density at radius 1 is 1.13 bits per heavy atom. The van der Waals surface area contributed by atoms with Gasteiger partial charge < -0.3 is 19.1 Å². The van der Waals surface area contributed by atoms with E-state index in [0.29, 0.717) is 26.1 Å². The lowest BCUT2D eigenvalue weighted by molar-refractivity contribution is -0.159. The highest BCUT2D eigenvalue weighted by Gasteiger charge is 2.42. The summed E-state index contributed by atoms with van der Waals surface area (Å²) in [6.07, 6.45) is 3.26. The van der Waals surface area contributed by atoms with E-state index in [2.05, 4.69) is 5.16 Å². The van der Waals surface area contributed by atoms with Crippen LogP contribution in [0, 0.1) is 0 Å². The van der Waals surface area contributed by atoms with Gasteiger partial charge in [-0.1, -0.05) is 47.6 Å². The normalized spacial score (nSPS) is 18.4. The van der Waals surface area contributed by atoms with Crippen molar-refractivity contribution in [3.05, 3.63) is 72.0 Å². The average Bonchev–Trinajstić information content (AvgIpc) is 3.44. The Labute approximate surface area is 175 Å². The number of nitrogens with zero attached hydrogens (tertiary/aromatic N) is 1. The van der Waals surface area contributed by atoms with Gasteiger partial charge in [0.05, 0.1) is 6.61 Å². The second-order valence-electron chi connectivity index (χ2n) is 7.57. The number of hydrogen-bond acceptors (Lipinski definition) is 5. The Bertz CT molecular complexity index is 959. The molecule has 1 saturated heterocycles. The molecular formula is C24H25NO5. The van der Waals surface area contributed by atoms with E-state index in [1.165, 1.54) is 0 Å². The molecule has 30 heavy (non-hydrogen) atoms. The van der Waals surface area contributed by atoms with Gasteiger partial charge in [-0.3, -0.25) is 0 Å². The number of benzene rings is 2. The van der Waals surface area contributed by atoms with Crippen molar-refractivity contribution >= 4 is 5.97 Å². The molecule has 0 saturated carbocycles. The Balaban J connectivity index is 1.24. The first-order chi connectivity index (χ1) is 14.6. The van der Waals surface area contributed by atoms with Crippen molar-refractivity contribution < 1.29 is 23.9 Å². The molecule has 3 aromatic rings. The lowest BCUT2D eigenvalue weighted by atomic mass is 9.92. The van der Waals surface area contributed by atoms with Gasteiger partial charge in [0.2, 0.25) is 0 Å². The van der Waals surface area contributed by atoms with Crippen LogP contribution in [0.4, 0.5) is 0 Å². The van der Waals surface area contributed by atoms with Gasteiger partial charge in [-0.25, -0.2) is 4.79 Å². The van der Waals surface area contributed by atoms with Crippen molar-refractivity contribution in [3.63, 3.8) is 0 Å². The second kappa shape index (κ2) is 9.13. The SMILES string of the molecule is O=C(O)C1(Cc2ccc(OCCCc3cc(-c4ccccc4)no3)cc2)CCCO1. The highest BCUT2D eigenvalue weighted by molar-refractivity contribution is 5.78. The molecule has 0 bridgehead atoms. The maximum Gasteiger partial charge on any atom is 0.336 e. The fourth-order valence-electron chi connectivity index (χ4n) is 3.73. The van der Waals surface area contributed by atoms with E-state index in [0.717, 1.165) is 47.6 Å². The van der Waals surface area contributed by atoms with Crippen LogP contribution in [0.1, 0.15) is 30.6 Å². The third-order valence-electron chi connectivity index (χ3n) is 5.37. The van der Waals surface area contributed by atoms with Crippen molar-refractivity contribution in [2.24, 2.45) is 0 Å². The van der Waals surface area contributed by atoms with Gasteiger partial charge in [-0.15, -0.1) is 0 Å². The minimum atomic E-state index is -1.09. The zero-order chi connectivity index (χ0) is 20.8. The van der Waals surface area contributed by atoms with Crippen molar-refractivity contribution in [2.75, 3.05) is 13.2 Å². The number of aromatic nitrogens is 1. The van der Waals surface area contributed by atoms with E-state index in [9.17, 15) is 9.90 Å². The third-order valence-corrected chi connectivity index (χ3v) is 5.37. The van der Waals surface area contributed by atoms with Gasteiger partial charge in [0.25, 0.3) is 0 Å². The number of aryl methyl sites for hydroxylation is 1. The van der Waals surface area contributed by atoms with Crippen LogP contribution in [0.15, 0.2) is 65.2 Å². The van der Waals surface area contributed by atoms with Crippen LogP contribution in [0.5, 0.6) is 5.75 Å². The number of hydrogen-bond donors (Lipinski definition) is 1. The number of aliphatic carboxylic acids is 1. The van der Waals surface area contributed by atoms with E-state index < -0.39 is 11.6 Å². The Kier molecular flexibility index (Phi) is 6.14. The quantitative estimate of drug-likeness (QED) is 0.525. The summed E-state index contributed by atoms with van der Waals surface area (Å²) < 4.78 is 16.8. The fraction of sp³-hybridized carbons (Fsp3) is 0.333. The average molecular weight is 407 g/mol. The monoisotopic (exact) mass is 407 g/mol. The predicted octanol–water partition coefficient (Wildman–Crippen LogP) is 4.53. The van der Waals surface area contributed by atoms with E-state index in [-0.39, 0.29) is 0 Å². The minimum Gasteiger partial charge on any atom is -0.494 e. The Morgan fingerprint density at radius 3 is 2.63 bits per heavy atom. The first-order valence-electron chi connectivity index (χ1n) is 10.2. The molecule has 1 fully saturated rings. The van der Waals surface area contributed by atoms with E-state index >= 15 is 0 Å². The summed E-state index contributed by atoms with van der Waals surface area (Å²) in [6, 6.07) is 19.5. The molecule has 0 amide bonds. The molecule has 0 aliphatic carbocycles. The molecule has 0 radical (unpaired) electrons. The number of rotatable bonds is 9. The van der Waals surface area contributed by atoms with E-state index in [4.69, 9.17) is 14.0 Å². The number of carboxylic acid groups (broad SMARTS) is 1. The molecule has 0 spiro atoms. The molecule has 1 aliphatic heterocycles. The maximum atomic E-state index is 11.6. The zero-order valence-electron chi connectivity index (χ0n) is 16.8. The summed E-state index contributed by atoms with van der Waals surface area (Å²) in [5.74, 6) is 0.713. The first-order valence-corrected chi connectivity index (χ1v) is 10.2. The first kappa shape index (κ1) is 20.2. The number of carbonyl (C=O) groups is 1. The second-order valence-corrected chi connectivity index (χ2v) is 7.57. The van der Waals surface area contributed by atoms with Gasteiger partial charge in [-0.05, 0) is 37.0 Å². The Hall–Kier alpha value is -3.12. The van der Waals surface area contributed by atoms with Crippen molar-refractivity contribution in [3.8, 4) is 17.0 Å². The van der Waals surface area contributed by atoms with E-state index in [1.807, 2.05) is 60.7 Å². The molecule has 1 aromatic heterocycles. The largest absolute Gasteiger partial charge is 0.494 e. The lowest BCUT2D eigenvalue weighted by Crippen LogP contribution is -2.40. The molecule has 1 atom stereocenters. The van der Waals surface area contributed by atoms with Gasteiger partial charge in [0, 0.05) is 31.1 Å². The topological polar surface area (TPSA) is 81.8 Å². The third kappa shape index (κ3) is 4.71. The van der Waals surface area contributed by atoms with E-state index in [1.54, 1.807) is 0 Å². The van der Waals surface area contributed by atoms with Crippen LogP contribution < -0.4 is 4.74 Å². The van der Waals surface area contributed by atoms with Gasteiger partial charge in [0.1, 0.15) is 17.2 Å². The highest BCUT2D eigenvalue weighted by atomic mass is 16.5. The van der Waals surface area contributed by atoms with Crippen LogP contribution >= 0.6 is 0 Å². The van der Waals surface area contributed by atoms with Gasteiger partial charge >= 0.3 is 5.97 Å². The minimum absolute atomic E-state index is 0.373. The van der Waals surface area contributed by atoms with Crippen molar-refractivity contribution in [2.45, 2.75) is 37.7 Å². The summed E-state index contributed by atoms with van der Waals surface area (Å²) in [5, 5.41) is 13.6. The standard InChI is InChI=1S/C24H25NO5/c26-23(27)24(13-5-15-29-24)17-18-9-11-20(12-10-18)28-14-4-8-21-16-22(25-30-21)19-6-2-1-3-7-19/h1-3,6-7,9-12,16H,4-5,8,13-15,17H2,(H,26,27). The molecule has 2 heterocycles. The maximum absolute atomic E-state index is 11.6. The molecule has 1 aliphatic rings. The molecule has 4 rings (SSSR count). The molecule has 1 N–H and O–H groups in total. The summed E-state index contributed by atoms with van der Waals surface area (Å²) in [7, 11) is 0. The van der Waals surface area contributed by atoms with Gasteiger partial charge in [0.15, 0.2) is 5.60 Å². The van der Waals surface area contributed by atoms with Crippen LogP contribution in [0.2, 0.25) is 0 Å². The Morgan fingerprint density at radius 2 is 1.93 bits per heavy atom.